The van der Waals surface area contributed by atoms with Crippen LogP contribution in [0.25, 0.3) is 0 Å². The smallest absolute Gasteiger partial charge is 0.314 e. The van der Waals surface area contributed by atoms with Crippen LogP contribution in [0, 0.1) is 5.82 Å². The first kappa shape index (κ1) is 18.9. The summed E-state index contributed by atoms with van der Waals surface area (Å²) in [5, 5.41) is 2.60. The fourth-order valence-electron chi connectivity index (χ4n) is 2.36. The predicted octanol–water partition coefficient (Wildman–Crippen LogP) is 4.54. The van der Waals surface area contributed by atoms with Crippen LogP contribution in [-0.2, 0) is 14.3 Å². The van der Waals surface area contributed by atoms with Gasteiger partial charge in [0.05, 0.1) is 16.6 Å². The molecule has 0 spiro atoms. The van der Waals surface area contributed by atoms with Gasteiger partial charge in [-0.15, -0.1) is 0 Å². The minimum atomic E-state index is -1.01. The number of carbonyl (C=O) groups is 2. The van der Waals surface area contributed by atoms with E-state index in [-0.39, 0.29) is 10.7 Å². The van der Waals surface area contributed by atoms with Gasteiger partial charge in [-0.05, 0) is 37.1 Å². The fraction of sp³-hybridized carbons (Fsp3) is 0.263. The largest absolute Gasteiger partial charge is 0.452 e. The first-order valence-corrected chi connectivity index (χ1v) is 8.31. The second-order valence-corrected chi connectivity index (χ2v) is 5.97. The topological polar surface area (TPSA) is 55.4 Å². The van der Waals surface area contributed by atoms with E-state index in [1.807, 2.05) is 37.3 Å². The summed E-state index contributed by atoms with van der Waals surface area (Å²) in [6.07, 6.45) is -0.451. The molecule has 0 radical (unpaired) electrons. The van der Waals surface area contributed by atoms with Gasteiger partial charge >= 0.3 is 5.97 Å². The molecule has 0 fully saturated rings. The van der Waals surface area contributed by atoms with Crippen LogP contribution in [0.15, 0.2) is 48.5 Å². The molecule has 0 aromatic heterocycles. The van der Waals surface area contributed by atoms with Gasteiger partial charge in [0.15, 0.2) is 6.10 Å². The van der Waals surface area contributed by atoms with E-state index in [2.05, 4.69) is 5.32 Å². The molecule has 132 valence electrons. The molecule has 0 aliphatic rings. The first-order valence-electron chi connectivity index (χ1n) is 7.93. The highest BCUT2D eigenvalue weighted by atomic mass is 35.5. The van der Waals surface area contributed by atoms with Crippen molar-refractivity contribution in [2.75, 3.05) is 5.32 Å². The van der Waals surface area contributed by atoms with E-state index >= 15 is 0 Å². The minimum absolute atomic E-state index is 0.0718. The summed E-state index contributed by atoms with van der Waals surface area (Å²) < 4.78 is 18.3. The van der Waals surface area contributed by atoms with Crippen LogP contribution in [0.1, 0.15) is 31.7 Å². The SMILES string of the molecule is CC[C@H](C(=O)O[C@H](C)C(=O)Nc1ccc(F)cc1Cl)c1ccccc1. The number of benzene rings is 2. The lowest BCUT2D eigenvalue weighted by Crippen LogP contribution is -2.31. The Balaban J connectivity index is 2.01. The van der Waals surface area contributed by atoms with Crippen molar-refractivity contribution in [1.82, 2.24) is 0 Å². The average Bonchev–Trinajstić information content (AvgIpc) is 2.58. The predicted molar refractivity (Wildman–Crippen MR) is 95.1 cm³/mol. The van der Waals surface area contributed by atoms with Crippen LogP contribution in [0.4, 0.5) is 10.1 Å². The molecule has 0 bridgehead atoms. The molecule has 2 atom stereocenters. The van der Waals surface area contributed by atoms with Gasteiger partial charge in [0.2, 0.25) is 0 Å². The average molecular weight is 364 g/mol. The Bertz CT molecular complexity index is 752. The second kappa shape index (κ2) is 8.62. The molecule has 0 heterocycles. The molecule has 0 saturated heterocycles. The third kappa shape index (κ3) is 5.03. The number of rotatable bonds is 6. The molecule has 1 N–H and O–H groups in total. The summed E-state index contributed by atoms with van der Waals surface area (Å²) in [5.41, 5.74) is 1.09. The Morgan fingerprint density at radius 1 is 1.20 bits per heavy atom. The van der Waals surface area contributed by atoms with Gasteiger partial charge in [-0.25, -0.2) is 4.39 Å². The Morgan fingerprint density at radius 3 is 2.48 bits per heavy atom. The van der Waals surface area contributed by atoms with Crippen LogP contribution in [0.3, 0.4) is 0 Å². The van der Waals surface area contributed by atoms with Gasteiger partial charge in [0.1, 0.15) is 5.82 Å². The molecular formula is C19H19ClFNO3. The molecule has 2 rings (SSSR count). The summed E-state index contributed by atoms with van der Waals surface area (Å²) in [4.78, 5) is 24.6. The quantitative estimate of drug-likeness (QED) is 0.766. The van der Waals surface area contributed by atoms with Gasteiger partial charge in [0.25, 0.3) is 5.91 Å². The van der Waals surface area contributed by atoms with E-state index in [1.165, 1.54) is 19.1 Å². The van der Waals surface area contributed by atoms with Crippen molar-refractivity contribution in [3.63, 3.8) is 0 Å². The number of nitrogens with one attached hydrogen (secondary N) is 1. The molecule has 0 aliphatic heterocycles. The van der Waals surface area contributed by atoms with Crippen LogP contribution in [0.2, 0.25) is 5.02 Å². The van der Waals surface area contributed by atoms with E-state index in [0.29, 0.717) is 6.42 Å². The van der Waals surface area contributed by atoms with E-state index in [4.69, 9.17) is 16.3 Å². The van der Waals surface area contributed by atoms with Crippen molar-refractivity contribution in [2.45, 2.75) is 32.3 Å². The standard InChI is InChI=1S/C19H19ClFNO3/c1-3-15(13-7-5-4-6-8-13)19(24)25-12(2)18(23)22-17-10-9-14(21)11-16(17)20/h4-12,15H,3H2,1-2H3,(H,22,23)/t12-,15+/m1/s1. The number of esters is 1. The number of amides is 1. The van der Waals surface area contributed by atoms with Crippen molar-refractivity contribution in [1.29, 1.82) is 0 Å². The van der Waals surface area contributed by atoms with Crippen LogP contribution in [0.5, 0.6) is 0 Å². The third-order valence-electron chi connectivity index (χ3n) is 3.75. The number of hydrogen-bond donors (Lipinski definition) is 1. The second-order valence-electron chi connectivity index (χ2n) is 5.56. The number of halogens is 2. The van der Waals surface area contributed by atoms with Gasteiger partial charge in [0, 0.05) is 0 Å². The molecule has 0 saturated carbocycles. The van der Waals surface area contributed by atoms with E-state index in [1.54, 1.807) is 0 Å². The zero-order valence-corrected chi connectivity index (χ0v) is 14.7. The van der Waals surface area contributed by atoms with Crippen molar-refractivity contribution >= 4 is 29.2 Å². The summed E-state index contributed by atoms with van der Waals surface area (Å²) in [7, 11) is 0. The first-order chi connectivity index (χ1) is 11.9. The van der Waals surface area contributed by atoms with Crippen molar-refractivity contribution in [2.24, 2.45) is 0 Å². The fourth-order valence-corrected chi connectivity index (χ4v) is 2.57. The molecule has 2 aromatic rings. The highest BCUT2D eigenvalue weighted by Crippen LogP contribution is 2.24. The maximum absolute atomic E-state index is 13.0. The molecule has 1 amide bonds. The van der Waals surface area contributed by atoms with Crippen molar-refractivity contribution < 1.29 is 18.7 Å². The van der Waals surface area contributed by atoms with Crippen molar-refractivity contribution in [3.05, 3.63) is 64.9 Å². The Morgan fingerprint density at radius 2 is 1.88 bits per heavy atom. The van der Waals surface area contributed by atoms with Gasteiger partial charge in [-0.2, -0.15) is 0 Å². The van der Waals surface area contributed by atoms with E-state index in [0.717, 1.165) is 11.6 Å². The lowest BCUT2D eigenvalue weighted by Gasteiger charge is -2.19. The molecule has 25 heavy (non-hydrogen) atoms. The highest BCUT2D eigenvalue weighted by Gasteiger charge is 2.25. The van der Waals surface area contributed by atoms with E-state index < -0.39 is 29.7 Å². The monoisotopic (exact) mass is 363 g/mol. The van der Waals surface area contributed by atoms with Gasteiger partial charge < -0.3 is 10.1 Å². The van der Waals surface area contributed by atoms with Crippen LogP contribution >= 0.6 is 11.6 Å². The van der Waals surface area contributed by atoms with Crippen LogP contribution < -0.4 is 5.32 Å². The van der Waals surface area contributed by atoms with Gasteiger partial charge in [-0.3, -0.25) is 9.59 Å². The van der Waals surface area contributed by atoms with Crippen molar-refractivity contribution in [3.8, 4) is 0 Å². The molecule has 4 nitrogen and oxygen atoms in total. The third-order valence-corrected chi connectivity index (χ3v) is 4.06. The summed E-state index contributed by atoms with van der Waals surface area (Å²) >= 11 is 5.87. The Hall–Kier alpha value is -2.40. The molecule has 6 heteroatoms. The molecule has 2 aromatic carbocycles. The Labute approximate surface area is 150 Å². The Kier molecular flexibility index (Phi) is 6.53. The van der Waals surface area contributed by atoms with Gasteiger partial charge in [-0.1, -0.05) is 48.9 Å². The summed E-state index contributed by atoms with van der Waals surface area (Å²) in [5.74, 6) is -1.95. The minimum Gasteiger partial charge on any atom is -0.452 e. The highest BCUT2D eigenvalue weighted by molar-refractivity contribution is 6.33. The number of carbonyl (C=O) groups excluding carboxylic acids is 2. The normalized spacial score (nSPS) is 13.0. The lowest BCUT2D eigenvalue weighted by molar-refractivity contribution is -0.154. The zero-order valence-electron chi connectivity index (χ0n) is 14.0. The number of anilines is 1. The zero-order chi connectivity index (χ0) is 18.4. The maximum Gasteiger partial charge on any atom is 0.314 e. The molecule has 0 aliphatic carbocycles. The number of hydrogen-bond acceptors (Lipinski definition) is 3. The van der Waals surface area contributed by atoms with E-state index in [9.17, 15) is 14.0 Å². The number of ether oxygens (including phenoxy) is 1. The molecule has 0 unspecified atom stereocenters. The maximum atomic E-state index is 13.0. The summed E-state index contributed by atoms with van der Waals surface area (Å²) in [6.45, 7) is 3.35. The molecular weight excluding hydrogens is 345 g/mol. The lowest BCUT2D eigenvalue weighted by atomic mass is 9.97. The summed E-state index contributed by atoms with van der Waals surface area (Å²) in [6, 6.07) is 12.9. The van der Waals surface area contributed by atoms with Crippen LogP contribution in [-0.4, -0.2) is 18.0 Å².